The van der Waals surface area contributed by atoms with Crippen LogP contribution in [0.15, 0.2) is 83.3 Å². The van der Waals surface area contributed by atoms with Gasteiger partial charge in [-0.05, 0) is 66.2 Å². The number of benzene rings is 3. The summed E-state index contributed by atoms with van der Waals surface area (Å²) in [4.78, 5) is 17.5. The molecular weight excluding hydrogens is 517 g/mol. The summed E-state index contributed by atoms with van der Waals surface area (Å²) in [6, 6.07) is 24.4. The van der Waals surface area contributed by atoms with E-state index in [4.69, 9.17) is 39.2 Å². The molecule has 1 aliphatic rings. The third-order valence-electron chi connectivity index (χ3n) is 6.24. The van der Waals surface area contributed by atoms with Gasteiger partial charge in [0, 0.05) is 59.7 Å². The van der Waals surface area contributed by atoms with E-state index in [9.17, 15) is 4.79 Å². The van der Waals surface area contributed by atoms with Crippen LogP contribution in [0.3, 0.4) is 0 Å². The minimum Gasteiger partial charge on any atom is -0.451 e. The van der Waals surface area contributed by atoms with Crippen LogP contribution in [0.1, 0.15) is 16.1 Å². The monoisotopic (exact) mass is 539 g/mol. The van der Waals surface area contributed by atoms with Crippen molar-refractivity contribution in [2.24, 2.45) is 0 Å². The Morgan fingerprint density at radius 2 is 1.58 bits per heavy atom. The maximum atomic E-state index is 12.7. The van der Waals surface area contributed by atoms with Gasteiger partial charge in [-0.1, -0.05) is 53.0 Å². The SMILES string of the molecule is O=C(Nc1ccc(N2CCN(Cc3ccccc3Cl)CC2)cc1)c1ccc(-c2ccc(Cl)cc2Cl)o1. The van der Waals surface area contributed by atoms with Gasteiger partial charge in [-0.25, -0.2) is 0 Å². The summed E-state index contributed by atoms with van der Waals surface area (Å²) in [6.45, 7) is 4.64. The van der Waals surface area contributed by atoms with Crippen LogP contribution in [0.4, 0.5) is 11.4 Å². The number of halogens is 3. The molecule has 1 aromatic heterocycles. The zero-order valence-electron chi connectivity index (χ0n) is 19.4. The zero-order valence-corrected chi connectivity index (χ0v) is 21.7. The van der Waals surface area contributed by atoms with Gasteiger partial charge >= 0.3 is 0 Å². The normalized spacial score (nSPS) is 14.1. The summed E-state index contributed by atoms with van der Waals surface area (Å²) in [6.07, 6.45) is 0. The molecule has 1 amide bonds. The van der Waals surface area contributed by atoms with Crippen LogP contribution in [0.2, 0.25) is 15.1 Å². The van der Waals surface area contributed by atoms with Crippen molar-refractivity contribution in [3.8, 4) is 11.3 Å². The van der Waals surface area contributed by atoms with Crippen LogP contribution >= 0.6 is 34.8 Å². The van der Waals surface area contributed by atoms with Gasteiger partial charge in [0.2, 0.25) is 0 Å². The minimum atomic E-state index is -0.327. The van der Waals surface area contributed by atoms with Gasteiger partial charge in [0.1, 0.15) is 5.76 Å². The number of amides is 1. The van der Waals surface area contributed by atoms with Crippen LogP contribution in [0, 0.1) is 0 Å². The Kier molecular flexibility index (Phi) is 7.54. The molecule has 0 atom stereocenters. The number of piperazine rings is 1. The summed E-state index contributed by atoms with van der Waals surface area (Å²) in [5, 5.41) is 4.71. The van der Waals surface area contributed by atoms with E-state index in [1.54, 1.807) is 30.3 Å². The van der Waals surface area contributed by atoms with Crippen molar-refractivity contribution >= 4 is 52.1 Å². The molecule has 5 rings (SSSR count). The molecular formula is C28H24Cl3N3O2. The molecule has 8 heteroatoms. The Labute approximate surface area is 225 Å². The van der Waals surface area contributed by atoms with Crippen molar-refractivity contribution in [3.05, 3.63) is 105 Å². The number of nitrogens with one attached hydrogen (secondary N) is 1. The first-order chi connectivity index (χ1) is 17.5. The number of anilines is 2. The van der Waals surface area contributed by atoms with Gasteiger partial charge < -0.3 is 14.6 Å². The van der Waals surface area contributed by atoms with E-state index in [2.05, 4.69) is 21.2 Å². The highest BCUT2D eigenvalue weighted by Gasteiger charge is 2.19. The van der Waals surface area contributed by atoms with Crippen LogP contribution < -0.4 is 10.2 Å². The lowest BCUT2D eigenvalue weighted by atomic mass is 10.2. The molecule has 0 radical (unpaired) electrons. The van der Waals surface area contributed by atoms with E-state index in [0.29, 0.717) is 27.1 Å². The fourth-order valence-corrected chi connectivity index (χ4v) is 4.97. The summed E-state index contributed by atoms with van der Waals surface area (Å²) in [5.74, 6) is 0.382. The summed E-state index contributed by atoms with van der Waals surface area (Å²) < 4.78 is 5.74. The second-order valence-electron chi connectivity index (χ2n) is 8.64. The van der Waals surface area contributed by atoms with Crippen molar-refractivity contribution in [2.45, 2.75) is 6.54 Å². The highest BCUT2D eigenvalue weighted by atomic mass is 35.5. The number of carbonyl (C=O) groups excluding carboxylic acids is 1. The van der Waals surface area contributed by atoms with Gasteiger partial charge in [-0.15, -0.1) is 0 Å². The van der Waals surface area contributed by atoms with E-state index in [0.717, 1.165) is 49.0 Å². The summed E-state index contributed by atoms with van der Waals surface area (Å²) in [5.41, 5.74) is 3.66. The van der Waals surface area contributed by atoms with Crippen molar-refractivity contribution < 1.29 is 9.21 Å². The molecule has 3 aromatic carbocycles. The standard InChI is InChI=1S/C28H24Cl3N3O2/c29-20-5-10-23(25(31)17-20)26-11-12-27(36-26)28(35)32-21-6-8-22(9-7-21)34-15-13-33(14-16-34)18-19-3-1-2-4-24(19)30/h1-12,17H,13-16,18H2,(H,32,35). The summed E-state index contributed by atoms with van der Waals surface area (Å²) >= 11 is 18.5. The van der Waals surface area contributed by atoms with E-state index in [-0.39, 0.29) is 11.7 Å². The molecule has 1 aliphatic heterocycles. The van der Waals surface area contributed by atoms with Crippen LogP contribution in [-0.4, -0.2) is 37.0 Å². The first-order valence-corrected chi connectivity index (χ1v) is 12.8. The van der Waals surface area contributed by atoms with Gasteiger partial charge in [-0.3, -0.25) is 9.69 Å². The number of hydrogen-bond donors (Lipinski definition) is 1. The van der Waals surface area contributed by atoms with E-state index < -0.39 is 0 Å². The maximum absolute atomic E-state index is 12.7. The van der Waals surface area contributed by atoms with E-state index >= 15 is 0 Å². The first-order valence-electron chi connectivity index (χ1n) is 11.6. The molecule has 0 saturated carbocycles. The van der Waals surface area contributed by atoms with E-state index in [1.807, 2.05) is 42.5 Å². The van der Waals surface area contributed by atoms with Crippen molar-refractivity contribution in [2.75, 3.05) is 36.4 Å². The Balaban J connectivity index is 1.16. The minimum absolute atomic E-state index is 0.203. The Bertz CT molecular complexity index is 1360. The Morgan fingerprint density at radius 3 is 2.31 bits per heavy atom. The average Bonchev–Trinajstić information content (AvgIpc) is 3.37. The van der Waals surface area contributed by atoms with Crippen molar-refractivity contribution in [1.82, 2.24) is 4.90 Å². The van der Waals surface area contributed by atoms with Crippen LogP contribution in [0.5, 0.6) is 0 Å². The van der Waals surface area contributed by atoms with Gasteiger partial charge in [0.15, 0.2) is 5.76 Å². The largest absolute Gasteiger partial charge is 0.451 e. The Hall–Kier alpha value is -2.96. The zero-order chi connectivity index (χ0) is 25.1. The number of furan rings is 1. The number of hydrogen-bond acceptors (Lipinski definition) is 4. The molecule has 1 N–H and O–H groups in total. The predicted octanol–water partition coefficient (Wildman–Crippen LogP) is 7.48. The molecule has 5 nitrogen and oxygen atoms in total. The first kappa shape index (κ1) is 24.7. The molecule has 0 spiro atoms. The highest BCUT2D eigenvalue weighted by Crippen LogP contribution is 2.32. The number of nitrogens with zero attached hydrogens (tertiary/aromatic N) is 2. The summed E-state index contributed by atoms with van der Waals surface area (Å²) in [7, 11) is 0. The fraction of sp³-hybridized carbons (Fsp3) is 0.179. The molecule has 2 heterocycles. The topological polar surface area (TPSA) is 48.7 Å². The van der Waals surface area contributed by atoms with Crippen molar-refractivity contribution in [3.63, 3.8) is 0 Å². The van der Waals surface area contributed by atoms with Gasteiger partial charge in [0.05, 0.1) is 5.02 Å². The molecule has 36 heavy (non-hydrogen) atoms. The van der Waals surface area contributed by atoms with Crippen molar-refractivity contribution in [1.29, 1.82) is 0 Å². The lowest BCUT2D eigenvalue weighted by Crippen LogP contribution is -2.46. The van der Waals surface area contributed by atoms with Crippen LogP contribution in [-0.2, 0) is 6.54 Å². The maximum Gasteiger partial charge on any atom is 0.291 e. The lowest BCUT2D eigenvalue weighted by molar-refractivity contribution is 0.0997. The third kappa shape index (κ3) is 5.71. The predicted molar refractivity (Wildman–Crippen MR) is 148 cm³/mol. The molecule has 184 valence electrons. The number of carbonyl (C=O) groups is 1. The average molecular weight is 541 g/mol. The Morgan fingerprint density at radius 1 is 0.833 bits per heavy atom. The molecule has 0 bridgehead atoms. The quantitative estimate of drug-likeness (QED) is 0.275. The van der Waals surface area contributed by atoms with Gasteiger partial charge in [-0.2, -0.15) is 0 Å². The van der Waals surface area contributed by atoms with Crippen LogP contribution in [0.25, 0.3) is 11.3 Å². The molecule has 1 saturated heterocycles. The second-order valence-corrected chi connectivity index (χ2v) is 9.89. The fourth-order valence-electron chi connectivity index (χ4n) is 4.27. The second kappa shape index (κ2) is 11.0. The molecule has 1 fully saturated rings. The van der Waals surface area contributed by atoms with E-state index in [1.165, 1.54) is 0 Å². The number of rotatable bonds is 6. The molecule has 0 unspecified atom stereocenters. The highest BCUT2D eigenvalue weighted by molar-refractivity contribution is 6.36. The molecule has 4 aromatic rings. The third-order valence-corrected chi connectivity index (χ3v) is 7.16. The lowest BCUT2D eigenvalue weighted by Gasteiger charge is -2.36. The molecule has 0 aliphatic carbocycles. The smallest absolute Gasteiger partial charge is 0.291 e. The van der Waals surface area contributed by atoms with Gasteiger partial charge in [0.25, 0.3) is 5.91 Å².